The lowest BCUT2D eigenvalue weighted by atomic mass is 9.99. The Bertz CT molecular complexity index is 340. The molecule has 1 saturated heterocycles. The number of nitrogens with zero attached hydrogens (tertiary/aromatic N) is 2. The quantitative estimate of drug-likeness (QED) is 0.871. The number of halogens is 1. The van der Waals surface area contributed by atoms with Gasteiger partial charge in [0.05, 0.1) is 11.9 Å². The summed E-state index contributed by atoms with van der Waals surface area (Å²) >= 11 is 0. The molecule has 17 heavy (non-hydrogen) atoms. The summed E-state index contributed by atoms with van der Waals surface area (Å²) in [4.78, 5) is 6.43. The summed E-state index contributed by atoms with van der Waals surface area (Å²) in [7, 11) is 0. The van der Waals surface area contributed by atoms with Gasteiger partial charge in [-0.05, 0) is 37.9 Å². The van der Waals surface area contributed by atoms with Gasteiger partial charge in [-0.15, -0.1) is 0 Å². The van der Waals surface area contributed by atoms with Crippen molar-refractivity contribution in [1.29, 1.82) is 0 Å². The Balaban J connectivity index is 1.97. The molecule has 1 atom stereocenters. The van der Waals surface area contributed by atoms with Crippen molar-refractivity contribution in [2.75, 3.05) is 13.2 Å². The van der Waals surface area contributed by atoms with E-state index in [0.717, 1.165) is 31.6 Å². The first-order valence-corrected chi connectivity index (χ1v) is 6.25. The molecule has 1 aliphatic rings. The molecule has 2 rings (SSSR count). The molecule has 0 spiro atoms. The maximum Gasteiger partial charge on any atom is 0.141 e. The number of aromatic nitrogens is 1. The molecular weight excluding hydrogens is 219 g/mol. The lowest BCUT2D eigenvalue weighted by Gasteiger charge is -2.35. The average molecular weight is 238 g/mol. The van der Waals surface area contributed by atoms with Gasteiger partial charge in [0, 0.05) is 19.2 Å². The van der Waals surface area contributed by atoms with Gasteiger partial charge in [-0.3, -0.25) is 9.88 Å². The number of aliphatic hydroxyl groups excluding tert-OH is 1. The van der Waals surface area contributed by atoms with Crippen molar-refractivity contribution in [3.8, 4) is 0 Å². The van der Waals surface area contributed by atoms with E-state index in [1.807, 2.05) is 0 Å². The second kappa shape index (κ2) is 6.07. The van der Waals surface area contributed by atoms with Crippen LogP contribution in [-0.4, -0.2) is 34.2 Å². The van der Waals surface area contributed by atoms with Crippen LogP contribution in [0.2, 0.25) is 0 Å². The van der Waals surface area contributed by atoms with Crippen molar-refractivity contribution in [2.24, 2.45) is 0 Å². The minimum atomic E-state index is -0.292. The summed E-state index contributed by atoms with van der Waals surface area (Å²) in [5, 5.41) is 9.05. The van der Waals surface area contributed by atoms with E-state index in [0.29, 0.717) is 6.04 Å². The third kappa shape index (κ3) is 3.48. The molecule has 1 aliphatic heterocycles. The van der Waals surface area contributed by atoms with Crippen LogP contribution in [0, 0.1) is 5.82 Å². The molecule has 94 valence electrons. The third-order valence-electron chi connectivity index (χ3n) is 3.37. The van der Waals surface area contributed by atoms with E-state index in [1.165, 1.54) is 25.1 Å². The molecule has 3 nitrogen and oxygen atoms in total. The van der Waals surface area contributed by atoms with Crippen molar-refractivity contribution in [1.82, 2.24) is 9.88 Å². The monoisotopic (exact) mass is 238 g/mol. The Labute approximate surface area is 101 Å². The second-order valence-corrected chi connectivity index (χ2v) is 4.60. The number of aliphatic hydroxyl groups is 1. The standard InChI is InChI=1S/C13H19FN2O/c14-11-4-5-12(15-9-11)10-16-7-2-1-3-13(16)6-8-17/h4-5,9,13,17H,1-3,6-8,10H2/t13-/m1/s1. The van der Waals surface area contributed by atoms with Gasteiger partial charge >= 0.3 is 0 Å². The Morgan fingerprint density at radius 3 is 3.00 bits per heavy atom. The topological polar surface area (TPSA) is 36.4 Å². The lowest BCUT2D eigenvalue weighted by molar-refractivity contribution is 0.111. The van der Waals surface area contributed by atoms with E-state index in [2.05, 4.69) is 9.88 Å². The summed E-state index contributed by atoms with van der Waals surface area (Å²) in [5.41, 5.74) is 0.899. The van der Waals surface area contributed by atoms with Crippen molar-refractivity contribution in [3.05, 3.63) is 29.8 Å². The highest BCUT2D eigenvalue weighted by Crippen LogP contribution is 2.21. The normalized spacial score (nSPS) is 21.6. The highest BCUT2D eigenvalue weighted by atomic mass is 19.1. The highest BCUT2D eigenvalue weighted by Gasteiger charge is 2.22. The number of hydrogen-bond acceptors (Lipinski definition) is 3. The zero-order chi connectivity index (χ0) is 12.1. The number of rotatable bonds is 4. The predicted octanol–water partition coefficient (Wildman–Crippen LogP) is 1.96. The fourth-order valence-electron chi connectivity index (χ4n) is 2.45. The zero-order valence-electron chi connectivity index (χ0n) is 9.98. The number of hydrogen-bond donors (Lipinski definition) is 1. The molecule has 2 heterocycles. The van der Waals surface area contributed by atoms with Gasteiger partial charge in [-0.1, -0.05) is 6.42 Å². The van der Waals surface area contributed by atoms with Crippen LogP contribution in [-0.2, 0) is 6.54 Å². The summed E-state index contributed by atoms with van der Waals surface area (Å²) in [6.07, 6.45) is 5.66. The Kier molecular flexibility index (Phi) is 4.45. The first-order chi connectivity index (χ1) is 8.29. The van der Waals surface area contributed by atoms with E-state index >= 15 is 0 Å². The summed E-state index contributed by atoms with van der Waals surface area (Å²) < 4.78 is 12.8. The van der Waals surface area contributed by atoms with Crippen LogP contribution in [0.15, 0.2) is 18.3 Å². The van der Waals surface area contributed by atoms with E-state index in [1.54, 1.807) is 6.07 Å². The van der Waals surface area contributed by atoms with Crippen LogP contribution in [0.5, 0.6) is 0 Å². The Morgan fingerprint density at radius 2 is 2.29 bits per heavy atom. The molecular formula is C13H19FN2O. The molecule has 1 aromatic heterocycles. The van der Waals surface area contributed by atoms with Gasteiger partial charge in [0.2, 0.25) is 0 Å². The smallest absolute Gasteiger partial charge is 0.141 e. The molecule has 0 saturated carbocycles. The van der Waals surface area contributed by atoms with Crippen LogP contribution < -0.4 is 0 Å². The molecule has 4 heteroatoms. The van der Waals surface area contributed by atoms with E-state index in [9.17, 15) is 4.39 Å². The fraction of sp³-hybridized carbons (Fsp3) is 0.615. The van der Waals surface area contributed by atoms with E-state index in [4.69, 9.17) is 5.11 Å². The Hall–Kier alpha value is -1.00. The van der Waals surface area contributed by atoms with Crippen LogP contribution >= 0.6 is 0 Å². The van der Waals surface area contributed by atoms with Crippen molar-refractivity contribution < 1.29 is 9.50 Å². The maximum absolute atomic E-state index is 12.8. The van der Waals surface area contributed by atoms with Gasteiger partial charge < -0.3 is 5.11 Å². The van der Waals surface area contributed by atoms with E-state index < -0.39 is 0 Å². The van der Waals surface area contributed by atoms with Crippen molar-refractivity contribution in [2.45, 2.75) is 38.3 Å². The van der Waals surface area contributed by atoms with Gasteiger partial charge in [-0.25, -0.2) is 4.39 Å². The number of piperidine rings is 1. The third-order valence-corrected chi connectivity index (χ3v) is 3.37. The maximum atomic E-state index is 12.8. The van der Waals surface area contributed by atoms with Gasteiger partial charge in [0.15, 0.2) is 0 Å². The predicted molar refractivity (Wildman–Crippen MR) is 63.9 cm³/mol. The molecule has 0 aliphatic carbocycles. The highest BCUT2D eigenvalue weighted by molar-refractivity contribution is 5.05. The van der Waals surface area contributed by atoms with E-state index in [-0.39, 0.29) is 12.4 Å². The van der Waals surface area contributed by atoms with Gasteiger partial charge in [0.1, 0.15) is 5.82 Å². The molecule has 1 fully saturated rings. The summed E-state index contributed by atoms with van der Waals surface area (Å²) in [6, 6.07) is 3.63. The molecule has 0 aromatic carbocycles. The van der Waals surface area contributed by atoms with Gasteiger partial charge in [0.25, 0.3) is 0 Å². The Morgan fingerprint density at radius 1 is 1.41 bits per heavy atom. The minimum Gasteiger partial charge on any atom is -0.396 e. The van der Waals surface area contributed by atoms with Crippen LogP contribution in [0.25, 0.3) is 0 Å². The first kappa shape index (κ1) is 12.5. The molecule has 1 aromatic rings. The second-order valence-electron chi connectivity index (χ2n) is 4.60. The van der Waals surface area contributed by atoms with Crippen molar-refractivity contribution >= 4 is 0 Å². The molecule has 1 N–H and O–H groups in total. The zero-order valence-corrected chi connectivity index (χ0v) is 9.98. The SMILES string of the molecule is OCC[C@H]1CCCCN1Cc1ccc(F)cn1. The lowest BCUT2D eigenvalue weighted by Crippen LogP contribution is -2.39. The number of likely N-dealkylation sites (tertiary alicyclic amines) is 1. The minimum absolute atomic E-state index is 0.234. The molecule has 0 radical (unpaired) electrons. The average Bonchev–Trinajstić information content (AvgIpc) is 2.35. The van der Waals surface area contributed by atoms with Crippen LogP contribution in [0.3, 0.4) is 0 Å². The van der Waals surface area contributed by atoms with Gasteiger partial charge in [-0.2, -0.15) is 0 Å². The molecule has 0 amide bonds. The summed E-state index contributed by atoms with van der Waals surface area (Å²) in [6.45, 7) is 2.03. The van der Waals surface area contributed by atoms with Crippen molar-refractivity contribution in [3.63, 3.8) is 0 Å². The summed E-state index contributed by atoms with van der Waals surface area (Å²) in [5.74, 6) is -0.292. The van der Waals surface area contributed by atoms with Crippen LogP contribution in [0.4, 0.5) is 4.39 Å². The number of pyridine rings is 1. The molecule has 0 bridgehead atoms. The fourth-order valence-corrected chi connectivity index (χ4v) is 2.45. The first-order valence-electron chi connectivity index (χ1n) is 6.25. The molecule has 0 unspecified atom stereocenters. The van der Waals surface area contributed by atoms with Crippen LogP contribution in [0.1, 0.15) is 31.4 Å². The largest absolute Gasteiger partial charge is 0.396 e.